The Labute approximate surface area is 249 Å². The standard InChI is InChI=1S/C34H45N3O5/c1-3-4-21-37(2)31(38)30(27-10-6-5-7-11-27)35-33(41)34(37)17-19-36(20-18-34)23-25-13-15-29(16-14-25)42-24-26-9-8-12-28(22-26)32(39)40/h8-9,12-16,22,27,30H,3-7,10-11,17-21,23-24H2,1-2H3,(H-,35,39,40,41)/p+1/t30-,37?/m0/s1. The second kappa shape index (κ2) is 13.0. The number of rotatable bonds is 10. The molecule has 1 spiro atoms. The van der Waals surface area contributed by atoms with Gasteiger partial charge in [-0.1, -0.05) is 56.9 Å². The number of nitrogens with zero attached hydrogens (tertiary/aromatic N) is 2. The Bertz CT molecular complexity index is 1260. The number of piperazine rings is 1. The number of ether oxygens (including phenoxy) is 1. The molecule has 8 heteroatoms. The fourth-order valence-corrected chi connectivity index (χ4v) is 7.38. The van der Waals surface area contributed by atoms with Crippen LogP contribution in [0.1, 0.15) is 86.2 Å². The number of quaternary nitrogens is 1. The molecule has 42 heavy (non-hydrogen) atoms. The van der Waals surface area contributed by atoms with Gasteiger partial charge in [0.15, 0.2) is 5.54 Å². The lowest BCUT2D eigenvalue weighted by atomic mass is 9.75. The zero-order valence-electron chi connectivity index (χ0n) is 25.1. The summed E-state index contributed by atoms with van der Waals surface area (Å²) in [5.41, 5.74) is 1.53. The maximum absolute atomic E-state index is 14.2. The van der Waals surface area contributed by atoms with Crippen LogP contribution in [0.15, 0.2) is 48.5 Å². The summed E-state index contributed by atoms with van der Waals surface area (Å²) in [5, 5.41) is 12.5. The second-order valence-electron chi connectivity index (χ2n) is 12.7. The van der Waals surface area contributed by atoms with Gasteiger partial charge in [-0.05, 0) is 60.6 Å². The maximum atomic E-state index is 14.2. The number of carboxylic acid groups (broad SMARTS) is 1. The predicted octanol–water partition coefficient (Wildman–Crippen LogP) is 5.15. The summed E-state index contributed by atoms with van der Waals surface area (Å²) in [6, 6.07) is 14.4. The summed E-state index contributed by atoms with van der Waals surface area (Å²) in [6.07, 6.45) is 8.91. The Balaban J connectivity index is 1.20. The first kappa shape index (κ1) is 30.2. The highest BCUT2D eigenvalue weighted by molar-refractivity contribution is 5.95. The Morgan fingerprint density at radius 2 is 1.76 bits per heavy atom. The van der Waals surface area contributed by atoms with Crippen molar-refractivity contribution in [1.82, 2.24) is 10.2 Å². The Hall–Kier alpha value is -3.23. The third-order valence-electron chi connectivity index (χ3n) is 10.1. The first-order valence-electron chi connectivity index (χ1n) is 15.7. The summed E-state index contributed by atoms with van der Waals surface area (Å²) in [7, 11) is 2.05. The Kier molecular flexibility index (Phi) is 9.33. The monoisotopic (exact) mass is 576 g/mol. The average Bonchev–Trinajstić information content (AvgIpc) is 3.02. The van der Waals surface area contributed by atoms with E-state index in [1.54, 1.807) is 18.2 Å². The minimum atomic E-state index is -0.950. The molecule has 2 aromatic rings. The topological polar surface area (TPSA) is 95.9 Å². The van der Waals surface area contributed by atoms with Gasteiger partial charge in [0.25, 0.3) is 5.91 Å². The van der Waals surface area contributed by atoms with E-state index in [0.717, 1.165) is 81.6 Å². The lowest BCUT2D eigenvalue weighted by molar-refractivity contribution is -0.883. The molecule has 226 valence electrons. The van der Waals surface area contributed by atoms with Gasteiger partial charge in [0.05, 0.1) is 19.2 Å². The smallest absolute Gasteiger partial charge is 0.337 e. The van der Waals surface area contributed by atoms with Crippen LogP contribution >= 0.6 is 0 Å². The lowest BCUT2D eigenvalue weighted by Gasteiger charge is -2.55. The van der Waals surface area contributed by atoms with Gasteiger partial charge in [-0.15, -0.1) is 0 Å². The minimum absolute atomic E-state index is 0.0892. The molecule has 3 fully saturated rings. The number of likely N-dealkylation sites (N-methyl/N-ethyl adjacent to an activating group) is 1. The molecule has 2 heterocycles. The number of hydrogen-bond acceptors (Lipinski definition) is 5. The third kappa shape index (κ3) is 6.11. The van der Waals surface area contributed by atoms with Crippen LogP contribution in [0, 0.1) is 5.92 Å². The van der Waals surface area contributed by atoms with Crippen molar-refractivity contribution >= 4 is 17.8 Å². The number of aromatic carboxylic acids is 1. The van der Waals surface area contributed by atoms with E-state index in [4.69, 9.17) is 4.74 Å². The van der Waals surface area contributed by atoms with Crippen LogP contribution in [0.5, 0.6) is 5.75 Å². The van der Waals surface area contributed by atoms with Crippen molar-refractivity contribution in [1.29, 1.82) is 0 Å². The normalized spacial score (nSPS) is 24.9. The molecule has 2 saturated heterocycles. The molecular formula is C34H46N3O5+. The lowest BCUT2D eigenvalue weighted by Crippen LogP contribution is -2.81. The van der Waals surface area contributed by atoms with Crippen LogP contribution in [0.3, 0.4) is 0 Å². The highest BCUT2D eigenvalue weighted by atomic mass is 16.5. The molecule has 0 bridgehead atoms. The Morgan fingerprint density at radius 1 is 1.05 bits per heavy atom. The largest absolute Gasteiger partial charge is 0.489 e. The number of carboxylic acids is 1. The van der Waals surface area contributed by atoms with Gasteiger partial charge in [0.2, 0.25) is 0 Å². The SMILES string of the molecule is CCCC[N+]1(C)C(=O)[C@H](C2CCCCC2)NC(=O)C12CCN(Cc1ccc(OCc3cccc(C(=O)O)c3)cc1)CC2. The van der Waals surface area contributed by atoms with Gasteiger partial charge in [0.1, 0.15) is 18.4 Å². The first-order chi connectivity index (χ1) is 20.3. The molecule has 1 unspecified atom stereocenters. The summed E-state index contributed by atoms with van der Waals surface area (Å²) >= 11 is 0. The van der Waals surface area contributed by atoms with Gasteiger partial charge >= 0.3 is 11.9 Å². The van der Waals surface area contributed by atoms with E-state index in [2.05, 4.69) is 36.3 Å². The summed E-state index contributed by atoms with van der Waals surface area (Å²) < 4.78 is 6.14. The molecular weight excluding hydrogens is 530 g/mol. The van der Waals surface area contributed by atoms with Crippen LogP contribution < -0.4 is 10.1 Å². The zero-order valence-corrected chi connectivity index (χ0v) is 25.1. The molecule has 3 aliphatic rings. The molecule has 8 nitrogen and oxygen atoms in total. The van der Waals surface area contributed by atoms with Crippen LogP contribution in [-0.4, -0.2) is 70.5 Å². The maximum Gasteiger partial charge on any atom is 0.337 e. The van der Waals surface area contributed by atoms with Crippen molar-refractivity contribution < 1.29 is 28.7 Å². The molecule has 2 aliphatic heterocycles. The van der Waals surface area contributed by atoms with E-state index in [9.17, 15) is 19.5 Å². The van der Waals surface area contributed by atoms with Crippen molar-refractivity contribution in [2.75, 3.05) is 26.7 Å². The van der Waals surface area contributed by atoms with Crippen molar-refractivity contribution in [3.63, 3.8) is 0 Å². The highest BCUT2D eigenvalue weighted by Gasteiger charge is 2.64. The minimum Gasteiger partial charge on any atom is -0.489 e. The molecule has 1 saturated carbocycles. The molecule has 2 amide bonds. The number of nitrogens with one attached hydrogen (secondary N) is 1. The van der Waals surface area contributed by atoms with Crippen molar-refractivity contribution in [2.45, 2.75) is 89.4 Å². The van der Waals surface area contributed by atoms with Gasteiger partial charge in [-0.3, -0.25) is 9.69 Å². The number of hydrogen-bond donors (Lipinski definition) is 2. The van der Waals surface area contributed by atoms with E-state index < -0.39 is 11.5 Å². The van der Waals surface area contributed by atoms with Gasteiger partial charge in [-0.25, -0.2) is 14.1 Å². The number of carbonyl (C=O) groups excluding carboxylic acids is 2. The summed E-state index contributed by atoms with van der Waals surface area (Å²) in [6.45, 7) is 5.50. The van der Waals surface area contributed by atoms with Crippen molar-refractivity contribution in [3.05, 3.63) is 65.2 Å². The van der Waals surface area contributed by atoms with E-state index in [1.807, 2.05) is 18.2 Å². The predicted molar refractivity (Wildman–Crippen MR) is 161 cm³/mol. The molecule has 0 aromatic heterocycles. The average molecular weight is 577 g/mol. The van der Waals surface area contributed by atoms with Gasteiger partial charge in [0, 0.05) is 32.5 Å². The first-order valence-corrected chi connectivity index (χ1v) is 15.7. The number of amides is 2. The number of benzene rings is 2. The van der Waals surface area contributed by atoms with Crippen LogP contribution in [0.4, 0.5) is 0 Å². The molecule has 0 radical (unpaired) electrons. The third-order valence-corrected chi connectivity index (χ3v) is 10.1. The van der Waals surface area contributed by atoms with Crippen LogP contribution in [0.2, 0.25) is 0 Å². The molecule has 2 N–H and O–H groups in total. The molecule has 5 rings (SSSR count). The van der Waals surface area contributed by atoms with E-state index in [1.165, 1.54) is 6.42 Å². The number of piperidine rings is 1. The van der Waals surface area contributed by atoms with E-state index in [0.29, 0.717) is 19.4 Å². The number of carbonyl (C=O) groups is 3. The van der Waals surface area contributed by atoms with Gasteiger partial charge in [-0.2, -0.15) is 0 Å². The van der Waals surface area contributed by atoms with E-state index in [-0.39, 0.29) is 33.8 Å². The van der Waals surface area contributed by atoms with Gasteiger partial charge < -0.3 is 15.2 Å². The molecule has 1 aliphatic carbocycles. The number of unbranched alkanes of at least 4 members (excludes halogenated alkanes) is 1. The van der Waals surface area contributed by atoms with Crippen molar-refractivity contribution in [2.24, 2.45) is 5.92 Å². The van der Waals surface area contributed by atoms with E-state index >= 15 is 0 Å². The second-order valence-corrected chi connectivity index (χ2v) is 12.7. The quantitative estimate of drug-likeness (QED) is 0.380. The zero-order chi connectivity index (χ0) is 29.7. The fourth-order valence-electron chi connectivity index (χ4n) is 7.38. The highest BCUT2D eigenvalue weighted by Crippen LogP contribution is 2.41. The summed E-state index contributed by atoms with van der Waals surface area (Å²) in [5.74, 6) is 0.369. The number of likely N-dealkylation sites (tertiary alicyclic amines) is 1. The molecule has 2 atom stereocenters. The van der Waals surface area contributed by atoms with Crippen LogP contribution in [-0.2, 0) is 22.7 Å². The fraction of sp³-hybridized carbons (Fsp3) is 0.559. The summed E-state index contributed by atoms with van der Waals surface area (Å²) in [4.78, 5) is 41.7. The molecule has 2 aromatic carbocycles. The Morgan fingerprint density at radius 3 is 2.43 bits per heavy atom. The van der Waals surface area contributed by atoms with Crippen molar-refractivity contribution in [3.8, 4) is 5.75 Å². The van der Waals surface area contributed by atoms with Crippen LogP contribution in [0.25, 0.3) is 0 Å².